The molecular formula is C14H11IN2O3S. The number of aromatic hydroxyl groups is 1. The van der Waals surface area contributed by atoms with Crippen LogP contribution in [0.5, 0.6) is 5.75 Å². The minimum Gasteiger partial charge on any atom is -0.507 e. The van der Waals surface area contributed by atoms with Gasteiger partial charge in [0.25, 0.3) is 5.91 Å². The molecule has 1 aromatic carbocycles. The largest absolute Gasteiger partial charge is 0.507 e. The first-order chi connectivity index (χ1) is 10.1. The van der Waals surface area contributed by atoms with Crippen LogP contribution >= 0.6 is 33.9 Å². The molecule has 0 aliphatic rings. The number of carbonyl (C=O) groups is 1. The highest BCUT2D eigenvalue weighted by molar-refractivity contribution is 14.1. The Hall–Kier alpha value is -1.63. The van der Waals surface area contributed by atoms with Gasteiger partial charge in [0.05, 0.1) is 23.2 Å². The standard InChI is InChI=1S/C14H11IN2O3S/c15-9-4-5-12(19)11(7-9)13(20)17-14-16-8-10(21-14)3-1-2-6-18/h4-5,7-8,18-19H,2,6H2,(H,16,17,20). The van der Waals surface area contributed by atoms with Gasteiger partial charge in [-0.25, -0.2) is 4.98 Å². The topological polar surface area (TPSA) is 82.5 Å². The monoisotopic (exact) mass is 414 g/mol. The van der Waals surface area contributed by atoms with Crippen molar-refractivity contribution in [2.24, 2.45) is 0 Å². The van der Waals surface area contributed by atoms with E-state index in [1.54, 1.807) is 18.3 Å². The van der Waals surface area contributed by atoms with Gasteiger partial charge >= 0.3 is 0 Å². The fourth-order valence-electron chi connectivity index (χ4n) is 1.45. The molecule has 21 heavy (non-hydrogen) atoms. The van der Waals surface area contributed by atoms with Crippen LogP contribution < -0.4 is 5.32 Å². The predicted octanol–water partition coefficient (Wildman–Crippen LogP) is 2.44. The van der Waals surface area contributed by atoms with Crippen LogP contribution in [0.3, 0.4) is 0 Å². The molecule has 1 aromatic heterocycles. The van der Waals surface area contributed by atoms with E-state index in [1.807, 2.05) is 0 Å². The molecule has 2 aromatic rings. The number of phenolic OH excluding ortho intramolecular Hbond substituents is 1. The van der Waals surface area contributed by atoms with Crippen LogP contribution in [0.1, 0.15) is 21.7 Å². The number of phenols is 1. The van der Waals surface area contributed by atoms with Crippen molar-refractivity contribution in [2.75, 3.05) is 11.9 Å². The van der Waals surface area contributed by atoms with Crippen molar-refractivity contribution in [3.63, 3.8) is 0 Å². The zero-order valence-electron chi connectivity index (χ0n) is 10.8. The number of rotatable bonds is 3. The number of anilines is 1. The number of aliphatic hydroxyl groups excluding tert-OH is 1. The van der Waals surface area contributed by atoms with Crippen LogP contribution in [-0.4, -0.2) is 27.7 Å². The number of carbonyl (C=O) groups excluding carboxylic acids is 1. The molecule has 0 unspecified atom stereocenters. The Morgan fingerprint density at radius 1 is 1.48 bits per heavy atom. The highest BCUT2D eigenvalue weighted by Gasteiger charge is 2.13. The molecule has 5 nitrogen and oxygen atoms in total. The van der Waals surface area contributed by atoms with Crippen LogP contribution in [0, 0.1) is 15.4 Å². The van der Waals surface area contributed by atoms with Crippen LogP contribution in [0.4, 0.5) is 5.13 Å². The van der Waals surface area contributed by atoms with Gasteiger partial charge in [-0.05, 0) is 40.8 Å². The fourth-order valence-corrected chi connectivity index (χ4v) is 2.63. The molecule has 7 heteroatoms. The van der Waals surface area contributed by atoms with E-state index >= 15 is 0 Å². The summed E-state index contributed by atoms with van der Waals surface area (Å²) in [6, 6.07) is 4.79. The van der Waals surface area contributed by atoms with E-state index in [-0.39, 0.29) is 17.9 Å². The van der Waals surface area contributed by atoms with Crippen LogP contribution in [0.2, 0.25) is 0 Å². The number of aliphatic hydroxyl groups is 1. The Morgan fingerprint density at radius 3 is 3.05 bits per heavy atom. The quantitative estimate of drug-likeness (QED) is 0.533. The molecule has 3 N–H and O–H groups in total. The molecule has 108 valence electrons. The van der Waals surface area contributed by atoms with Crippen molar-refractivity contribution in [1.29, 1.82) is 0 Å². The average Bonchev–Trinajstić information content (AvgIpc) is 2.89. The van der Waals surface area contributed by atoms with E-state index in [0.717, 1.165) is 3.57 Å². The number of nitrogens with zero attached hydrogens (tertiary/aromatic N) is 1. The molecule has 0 aliphatic heterocycles. The first-order valence-corrected chi connectivity index (χ1v) is 7.85. The van der Waals surface area contributed by atoms with Gasteiger partial charge in [-0.1, -0.05) is 23.2 Å². The number of halogens is 1. The molecule has 0 saturated heterocycles. The maximum absolute atomic E-state index is 12.1. The summed E-state index contributed by atoms with van der Waals surface area (Å²) in [6.07, 6.45) is 1.95. The van der Waals surface area contributed by atoms with Crippen LogP contribution in [0.25, 0.3) is 0 Å². The molecule has 0 aliphatic carbocycles. The highest BCUT2D eigenvalue weighted by atomic mass is 127. The number of hydrogen-bond acceptors (Lipinski definition) is 5. The molecule has 0 fully saturated rings. The van der Waals surface area contributed by atoms with Crippen molar-refractivity contribution in [1.82, 2.24) is 4.98 Å². The highest BCUT2D eigenvalue weighted by Crippen LogP contribution is 2.23. The molecule has 1 heterocycles. The first-order valence-electron chi connectivity index (χ1n) is 5.95. The van der Waals surface area contributed by atoms with Gasteiger partial charge in [-0.15, -0.1) is 0 Å². The molecule has 0 spiro atoms. The number of thiazole rings is 1. The van der Waals surface area contributed by atoms with Gasteiger partial charge in [-0.3, -0.25) is 10.1 Å². The normalized spacial score (nSPS) is 9.81. The third-order valence-electron chi connectivity index (χ3n) is 2.38. The van der Waals surface area contributed by atoms with Crippen LogP contribution in [-0.2, 0) is 0 Å². The lowest BCUT2D eigenvalue weighted by molar-refractivity contribution is 0.102. The van der Waals surface area contributed by atoms with E-state index in [9.17, 15) is 9.90 Å². The maximum Gasteiger partial charge on any atom is 0.261 e. The van der Waals surface area contributed by atoms with Gasteiger partial charge in [-0.2, -0.15) is 0 Å². The maximum atomic E-state index is 12.1. The van der Waals surface area contributed by atoms with Gasteiger partial charge in [0.1, 0.15) is 5.75 Å². The third-order valence-corrected chi connectivity index (χ3v) is 3.88. The van der Waals surface area contributed by atoms with E-state index < -0.39 is 5.91 Å². The average molecular weight is 414 g/mol. The van der Waals surface area contributed by atoms with E-state index in [4.69, 9.17) is 5.11 Å². The minimum atomic E-state index is -0.421. The van der Waals surface area contributed by atoms with Gasteiger partial charge in [0.15, 0.2) is 5.13 Å². The Labute approximate surface area is 139 Å². The second-order valence-corrected chi connectivity index (χ2v) is 6.20. The van der Waals surface area contributed by atoms with Crippen molar-refractivity contribution in [3.8, 4) is 17.6 Å². The van der Waals surface area contributed by atoms with Crippen molar-refractivity contribution < 1.29 is 15.0 Å². The van der Waals surface area contributed by atoms with E-state index in [1.165, 1.54) is 17.4 Å². The second-order valence-electron chi connectivity index (χ2n) is 3.92. The summed E-state index contributed by atoms with van der Waals surface area (Å²) >= 11 is 3.30. The lowest BCUT2D eigenvalue weighted by atomic mass is 10.2. The lowest BCUT2D eigenvalue weighted by Crippen LogP contribution is -2.12. The Balaban J connectivity index is 2.10. The molecule has 0 radical (unpaired) electrons. The first kappa shape index (κ1) is 15.8. The lowest BCUT2D eigenvalue weighted by Gasteiger charge is -2.04. The molecular weight excluding hydrogens is 403 g/mol. The summed E-state index contributed by atoms with van der Waals surface area (Å²) in [6.45, 7) is 0.0152. The second kappa shape index (κ2) is 7.40. The smallest absolute Gasteiger partial charge is 0.261 e. The fraction of sp³-hybridized carbons (Fsp3) is 0.143. The molecule has 0 saturated carbocycles. The summed E-state index contributed by atoms with van der Waals surface area (Å²) < 4.78 is 0.852. The predicted molar refractivity (Wildman–Crippen MR) is 89.5 cm³/mol. The summed E-state index contributed by atoms with van der Waals surface area (Å²) in [7, 11) is 0. The van der Waals surface area contributed by atoms with Gasteiger partial charge in [0, 0.05) is 9.99 Å². The SMILES string of the molecule is O=C(Nc1ncc(C#CCCO)s1)c1cc(I)ccc1O. The number of benzene rings is 1. The Bertz CT molecular complexity index is 718. The summed E-state index contributed by atoms with van der Waals surface area (Å²) in [5.74, 6) is 5.13. The van der Waals surface area contributed by atoms with Gasteiger partial charge in [0.2, 0.25) is 0 Å². The summed E-state index contributed by atoms with van der Waals surface area (Å²) in [5, 5.41) is 21.4. The molecule has 1 amide bonds. The van der Waals surface area contributed by atoms with Crippen LogP contribution in [0.15, 0.2) is 24.4 Å². The van der Waals surface area contributed by atoms with Crippen molar-refractivity contribution in [3.05, 3.63) is 38.4 Å². The number of amides is 1. The molecule has 0 atom stereocenters. The van der Waals surface area contributed by atoms with E-state index in [0.29, 0.717) is 16.4 Å². The number of nitrogens with one attached hydrogen (secondary N) is 1. The Morgan fingerprint density at radius 2 is 2.29 bits per heavy atom. The van der Waals surface area contributed by atoms with Crippen molar-refractivity contribution >= 4 is 45.0 Å². The van der Waals surface area contributed by atoms with Crippen molar-refractivity contribution in [2.45, 2.75) is 6.42 Å². The number of aromatic nitrogens is 1. The zero-order valence-corrected chi connectivity index (χ0v) is 13.7. The Kier molecular flexibility index (Phi) is 5.55. The van der Waals surface area contributed by atoms with Gasteiger partial charge < -0.3 is 10.2 Å². The third kappa shape index (κ3) is 4.42. The minimum absolute atomic E-state index is 0.0152. The molecule has 0 bridgehead atoms. The number of hydrogen-bond donors (Lipinski definition) is 3. The molecule has 2 rings (SSSR count). The summed E-state index contributed by atoms with van der Waals surface area (Å²) in [4.78, 5) is 16.8. The zero-order chi connectivity index (χ0) is 15.2. The summed E-state index contributed by atoms with van der Waals surface area (Å²) in [5.41, 5.74) is 0.199. The van der Waals surface area contributed by atoms with E-state index in [2.05, 4.69) is 44.7 Å².